The molecule has 1 heterocycles. The second kappa shape index (κ2) is 9.94. The van der Waals surface area contributed by atoms with Crippen molar-refractivity contribution in [1.29, 1.82) is 0 Å². The molecule has 3 aromatic carbocycles. The number of carbonyl (C=O) groups is 2. The van der Waals surface area contributed by atoms with E-state index >= 15 is 0 Å². The van der Waals surface area contributed by atoms with E-state index in [0.717, 1.165) is 21.9 Å². The smallest absolute Gasteiger partial charge is 0.245 e. The van der Waals surface area contributed by atoms with E-state index in [1.807, 2.05) is 66.7 Å². The summed E-state index contributed by atoms with van der Waals surface area (Å²) in [5, 5.41) is 18.0. The van der Waals surface area contributed by atoms with Crippen molar-refractivity contribution in [2.75, 3.05) is 13.6 Å². The molecule has 0 unspecified atom stereocenters. The van der Waals surface area contributed by atoms with Gasteiger partial charge in [0, 0.05) is 26.6 Å². The van der Waals surface area contributed by atoms with E-state index in [-0.39, 0.29) is 11.8 Å². The van der Waals surface area contributed by atoms with E-state index < -0.39 is 18.2 Å². The van der Waals surface area contributed by atoms with E-state index in [0.29, 0.717) is 25.9 Å². The molecule has 3 atom stereocenters. The Balaban J connectivity index is 1.53. The summed E-state index contributed by atoms with van der Waals surface area (Å²) in [5.74, 6) is -0.400. The fourth-order valence-electron chi connectivity index (χ4n) is 4.19. The van der Waals surface area contributed by atoms with Gasteiger partial charge in [-0.2, -0.15) is 0 Å². The molecule has 4 rings (SSSR count). The summed E-state index contributed by atoms with van der Waals surface area (Å²) in [6.07, 6.45) is 0.202. The third-order valence-corrected chi connectivity index (χ3v) is 5.93. The fourth-order valence-corrected chi connectivity index (χ4v) is 4.19. The maximum Gasteiger partial charge on any atom is 0.245 e. The maximum absolute atomic E-state index is 13.4. The molecule has 32 heavy (non-hydrogen) atoms. The number of β-amino-alcohol motifs (C(OH)–C–C–N with tert-alkyl or cyclic N) is 1. The van der Waals surface area contributed by atoms with Crippen molar-refractivity contribution in [3.63, 3.8) is 0 Å². The number of fused-ring (bicyclic) bond motifs is 1. The number of hydrogen-bond acceptors (Lipinski definition) is 4. The zero-order valence-electron chi connectivity index (χ0n) is 18.2. The highest BCUT2D eigenvalue weighted by Crippen LogP contribution is 2.18. The van der Waals surface area contributed by atoms with Crippen LogP contribution < -0.4 is 10.6 Å². The van der Waals surface area contributed by atoms with Gasteiger partial charge in [0.2, 0.25) is 11.8 Å². The van der Waals surface area contributed by atoms with Crippen molar-refractivity contribution in [3.05, 3.63) is 83.9 Å². The van der Waals surface area contributed by atoms with Crippen LogP contribution in [0.2, 0.25) is 0 Å². The first-order valence-electron chi connectivity index (χ1n) is 11.0. The fraction of sp³-hybridized carbons (Fsp3) is 0.308. The predicted molar refractivity (Wildman–Crippen MR) is 125 cm³/mol. The summed E-state index contributed by atoms with van der Waals surface area (Å²) in [6, 6.07) is 22.8. The number of rotatable bonds is 7. The number of nitrogens with zero attached hydrogens (tertiary/aromatic N) is 1. The quantitative estimate of drug-likeness (QED) is 0.536. The Hall–Kier alpha value is -3.22. The topological polar surface area (TPSA) is 81.7 Å². The third kappa shape index (κ3) is 5.33. The van der Waals surface area contributed by atoms with E-state index in [9.17, 15) is 14.7 Å². The van der Waals surface area contributed by atoms with Gasteiger partial charge in [-0.25, -0.2) is 0 Å². The number of likely N-dealkylation sites (N-methyl/N-ethyl adjacent to an activating group) is 1. The van der Waals surface area contributed by atoms with Crippen LogP contribution in [0.4, 0.5) is 0 Å². The lowest BCUT2D eigenvalue weighted by atomic mass is 10.00. The zero-order chi connectivity index (χ0) is 22.5. The van der Waals surface area contributed by atoms with Crippen LogP contribution in [0, 0.1) is 0 Å². The highest BCUT2D eigenvalue weighted by molar-refractivity contribution is 5.90. The Morgan fingerprint density at radius 1 is 1.03 bits per heavy atom. The normalized spacial score (nSPS) is 18.9. The van der Waals surface area contributed by atoms with Crippen LogP contribution in [0.25, 0.3) is 10.8 Å². The van der Waals surface area contributed by atoms with Gasteiger partial charge in [-0.1, -0.05) is 72.8 Å². The van der Waals surface area contributed by atoms with Crippen LogP contribution in [-0.2, 0) is 22.6 Å². The summed E-state index contributed by atoms with van der Waals surface area (Å²) >= 11 is 0. The number of carbonyl (C=O) groups excluding carboxylic acids is 2. The van der Waals surface area contributed by atoms with Crippen LogP contribution in [-0.4, -0.2) is 53.6 Å². The minimum Gasteiger partial charge on any atom is -0.392 e. The largest absolute Gasteiger partial charge is 0.392 e. The lowest BCUT2D eigenvalue weighted by molar-refractivity contribution is -0.136. The molecule has 6 nitrogen and oxygen atoms in total. The first-order chi connectivity index (χ1) is 15.5. The summed E-state index contributed by atoms with van der Waals surface area (Å²) in [4.78, 5) is 27.9. The first-order valence-corrected chi connectivity index (χ1v) is 11.0. The number of hydrogen-bond donors (Lipinski definition) is 3. The van der Waals surface area contributed by atoms with Crippen molar-refractivity contribution >= 4 is 22.6 Å². The Morgan fingerprint density at radius 3 is 2.47 bits per heavy atom. The number of aliphatic hydroxyl groups excluding tert-OH is 1. The molecule has 166 valence electrons. The van der Waals surface area contributed by atoms with E-state index in [2.05, 4.69) is 16.7 Å². The maximum atomic E-state index is 13.4. The average Bonchev–Trinajstić information content (AvgIpc) is 3.25. The standard InChI is InChI=1S/C26H29N3O3/c1-29(17-18-7-3-2-4-8-18)26(32)24(28-25(31)23-15-22(30)16-27-23)14-19-11-12-20-9-5-6-10-21(20)13-19/h2-13,22-24,27,30H,14-17H2,1H3,(H,28,31)/t22-,23+,24+/m1/s1. The molecule has 6 heteroatoms. The van der Waals surface area contributed by atoms with E-state index in [4.69, 9.17) is 0 Å². The Kier molecular flexibility index (Phi) is 6.83. The third-order valence-electron chi connectivity index (χ3n) is 5.93. The molecule has 0 aromatic heterocycles. The van der Waals surface area contributed by atoms with Crippen molar-refractivity contribution in [3.8, 4) is 0 Å². The lowest BCUT2D eigenvalue weighted by Gasteiger charge is -2.26. The Bertz CT molecular complexity index is 1090. The van der Waals surface area contributed by atoms with E-state index in [1.165, 1.54) is 0 Å². The first kappa shape index (κ1) is 22.0. The van der Waals surface area contributed by atoms with Gasteiger partial charge in [0.05, 0.1) is 12.1 Å². The van der Waals surface area contributed by atoms with Gasteiger partial charge >= 0.3 is 0 Å². The minimum atomic E-state index is -0.697. The molecule has 1 fully saturated rings. The van der Waals surface area contributed by atoms with Crippen molar-refractivity contribution in [1.82, 2.24) is 15.5 Å². The SMILES string of the molecule is CN(Cc1ccccc1)C(=O)[C@H](Cc1ccc2ccccc2c1)NC(=O)[C@@H]1C[C@@H](O)CN1. The molecule has 0 radical (unpaired) electrons. The summed E-state index contributed by atoms with van der Waals surface area (Å²) in [6.45, 7) is 0.847. The molecule has 2 amide bonds. The molecule has 0 saturated carbocycles. The molecule has 0 aliphatic carbocycles. The van der Waals surface area contributed by atoms with Crippen molar-refractivity contribution < 1.29 is 14.7 Å². The van der Waals surface area contributed by atoms with Gasteiger partial charge in [-0.05, 0) is 28.3 Å². The molecular formula is C26H29N3O3. The van der Waals surface area contributed by atoms with Crippen molar-refractivity contribution in [2.24, 2.45) is 0 Å². The molecule has 1 aliphatic rings. The average molecular weight is 432 g/mol. The highest BCUT2D eigenvalue weighted by Gasteiger charge is 2.32. The van der Waals surface area contributed by atoms with Gasteiger partial charge in [-0.15, -0.1) is 0 Å². The van der Waals surface area contributed by atoms with E-state index in [1.54, 1.807) is 11.9 Å². The van der Waals surface area contributed by atoms with Crippen molar-refractivity contribution in [2.45, 2.75) is 37.6 Å². The van der Waals surface area contributed by atoms with Crippen LogP contribution >= 0.6 is 0 Å². The second-order valence-corrected chi connectivity index (χ2v) is 8.48. The van der Waals surface area contributed by atoms with Gasteiger partial charge in [0.1, 0.15) is 6.04 Å². The molecule has 1 saturated heterocycles. The molecule has 0 spiro atoms. The monoisotopic (exact) mass is 431 g/mol. The van der Waals surface area contributed by atoms with Crippen LogP contribution in [0.15, 0.2) is 72.8 Å². The Labute approximate surface area is 188 Å². The summed E-state index contributed by atoms with van der Waals surface area (Å²) < 4.78 is 0. The molecule has 3 aromatic rings. The van der Waals surface area contributed by atoms with Crippen LogP contribution in [0.5, 0.6) is 0 Å². The number of nitrogens with one attached hydrogen (secondary N) is 2. The van der Waals surface area contributed by atoms with Gasteiger partial charge in [0.25, 0.3) is 0 Å². The minimum absolute atomic E-state index is 0.145. The number of aliphatic hydroxyl groups is 1. The van der Waals surface area contributed by atoms with Crippen LogP contribution in [0.1, 0.15) is 17.5 Å². The van der Waals surface area contributed by atoms with Crippen LogP contribution in [0.3, 0.4) is 0 Å². The molecule has 1 aliphatic heterocycles. The molecule has 3 N–H and O–H groups in total. The highest BCUT2D eigenvalue weighted by atomic mass is 16.3. The number of amides is 2. The number of benzene rings is 3. The predicted octanol–water partition coefficient (Wildman–Crippen LogP) is 2.25. The molecular weight excluding hydrogens is 402 g/mol. The molecule has 0 bridgehead atoms. The van der Waals surface area contributed by atoms with Gasteiger partial charge in [0.15, 0.2) is 0 Å². The Morgan fingerprint density at radius 2 is 1.75 bits per heavy atom. The summed E-state index contributed by atoms with van der Waals surface area (Å²) in [7, 11) is 1.76. The van der Waals surface area contributed by atoms with Gasteiger partial charge in [-0.3, -0.25) is 9.59 Å². The van der Waals surface area contributed by atoms with Gasteiger partial charge < -0.3 is 20.6 Å². The zero-order valence-corrected chi connectivity index (χ0v) is 18.2. The summed E-state index contributed by atoms with van der Waals surface area (Å²) in [5.41, 5.74) is 2.01. The lowest BCUT2D eigenvalue weighted by Crippen LogP contribution is -2.52. The second-order valence-electron chi connectivity index (χ2n) is 8.48.